The quantitative estimate of drug-likeness (QED) is 0.338. The molecule has 0 saturated heterocycles. The van der Waals surface area contributed by atoms with E-state index in [4.69, 9.17) is 4.74 Å². The number of aliphatic imine (C=N–C) groups is 1. The maximum Gasteiger partial charge on any atom is 0.191 e. The van der Waals surface area contributed by atoms with Crippen molar-refractivity contribution >= 4 is 40.7 Å². The van der Waals surface area contributed by atoms with Gasteiger partial charge in [-0.1, -0.05) is 36.4 Å². The Bertz CT molecular complexity index is 645. The first-order valence-electron chi connectivity index (χ1n) is 7.59. The summed E-state index contributed by atoms with van der Waals surface area (Å²) in [5.41, 5.74) is -0.0155. The average Bonchev–Trinajstić information content (AvgIpc) is 2.49. The highest BCUT2D eigenvalue weighted by molar-refractivity contribution is 14.0. The van der Waals surface area contributed by atoms with Crippen LogP contribution in [-0.4, -0.2) is 31.7 Å². The number of nitrogens with one attached hydrogen (secondary N) is 2. The van der Waals surface area contributed by atoms with E-state index in [1.54, 1.807) is 7.05 Å². The molecule has 0 aliphatic heterocycles. The second kappa shape index (κ2) is 8.96. The number of hydrogen-bond acceptors (Lipinski definition) is 2. The first-order valence-corrected chi connectivity index (χ1v) is 7.59. The van der Waals surface area contributed by atoms with Crippen molar-refractivity contribution in [1.29, 1.82) is 0 Å². The molecule has 0 spiro atoms. The third-order valence-corrected chi connectivity index (χ3v) is 3.12. The van der Waals surface area contributed by atoms with E-state index in [9.17, 15) is 0 Å². The molecule has 0 atom stereocenters. The van der Waals surface area contributed by atoms with Gasteiger partial charge in [0.2, 0.25) is 0 Å². The molecule has 0 fully saturated rings. The highest BCUT2D eigenvalue weighted by Crippen LogP contribution is 2.24. The molecule has 0 unspecified atom stereocenters. The number of nitrogens with zero attached hydrogens (tertiary/aromatic N) is 1. The maximum absolute atomic E-state index is 5.90. The Balaban J connectivity index is 0.00000264. The fourth-order valence-corrected chi connectivity index (χ4v) is 2.19. The van der Waals surface area contributed by atoms with Crippen LogP contribution in [0.2, 0.25) is 0 Å². The molecule has 4 nitrogen and oxygen atoms in total. The third-order valence-electron chi connectivity index (χ3n) is 3.12. The minimum Gasteiger partial charge on any atom is -0.491 e. The minimum absolute atomic E-state index is 0. The first-order chi connectivity index (χ1) is 10.5. The Hall–Kier alpha value is -1.50. The largest absolute Gasteiger partial charge is 0.491 e. The Labute approximate surface area is 155 Å². The summed E-state index contributed by atoms with van der Waals surface area (Å²) in [4.78, 5) is 4.21. The van der Waals surface area contributed by atoms with E-state index < -0.39 is 0 Å². The molecule has 0 aliphatic rings. The second-order valence-corrected chi connectivity index (χ2v) is 6.20. The number of ether oxygens (including phenoxy) is 1. The summed E-state index contributed by atoms with van der Waals surface area (Å²) in [5, 5.41) is 8.91. The van der Waals surface area contributed by atoms with Crippen LogP contribution in [-0.2, 0) is 0 Å². The van der Waals surface area contributed by atoms with E-state index in [1.165, 1.54) is 5.39 Å². The van der Waals surface area contributed by atoms with Crippen molar-refractivity contribution < 1.29 is 4.74 Å². The molecule has 23 heavy (non-hydrogen) atoms. The Kier molecular flexibility index (Phi) is 7.61. The summed E-state index contributed by atoms with van der Waals surface area (Å²) in [6, 6.07) is 14.4. The van der Waals surface area contributed by atoms with Gasteiger partial charge in [0, 0.05) is 18.0 Å². The van der Waals surface area contributed by atoms with Crippen LogP contribution in [0.15, 0.2) is 47.5 Å². The molecule has 2 aromatic rings. The highest BCUT2D eigenvalue weighted by Gasteiger charge is 2.11. The van der Waals surface area contributed by atoms with E-state index in [1.807, 2.05) is 24.3 Å². The Morgan fingerprint density at radius 2 is 1.78 bits per heavy atom. The number of fused-ring (bicyclic) bond motifs is 1. The van der Waals surface area contributed by atoms with Gasteiger partial charge in [-0.25, -0.2) is 0 Å². The lowest BCUT2D eigenvalue weighted by Crippen LogP contribution is -2.48. The van der Waals surface area contributed by atoms with E-state index in [2.05, 4.69) is 54.6 Å². The van der Waals surface area contributed by atoms with Gasteiger partial charge in [0.05, 0.1) is 6.54 Å². The molecule has 0 radical (unpaired) electrons. The van der Waals surface area contributed by atoms with Gasteiger partial charge < -0.3 is 15.4 Å². The zero-order chi connectivity index (χ0) is 16.0. The first kappa shape index (κ1) is 19.5. The molecule has 2 rings (SSSR count). The van der Waals surface area contributed by atoms with Crippen molar-refractivity contribution in [2.24, 2.45) is 4.99 Å². The normalized spacial score (nSPS) is 11.7. The van der Waals surface area contributed by atoms with Crippen molar-refractivity contribution in [3.05, 3.63) is 42.5 Å². The number of benzene rings is 2. The van der Waals surface area contributed by atoms with Gasteiger partial charge in [0.25, 0.3) is 0 Å². The smallest absolute Gasteiger partial charge is 0.191 e. The molecule has 5 heteroatoms. The van der Waals surface area contributed by atoms with Crippen molar-refractivity contribution in [3.63, 3.8) is 0 Å². The molecule has 0 heterocycles. The van der Waals surface area contributed by atoms with Crippen molar-refractivity contribution in [2.45, 2.75) is 26.3 Å². The average molecular weight is 427 g/mol. The van der Waals surface area contributed by atoms with Gasteiger partial charge in [0.1, 0.15) is 12.4 Å². The van der Waals surface area contributed by atoms with Gasteiger partial charge in [-0.3, -0.25) is 4.99 Å². The number of guanidine groups is 1. The molecular formula is C18H26IN3O. The predicted octanol–water partition coefficient (Wildman–Crippen LogP) is 3.80. The topological polar surface area (TPSA) is 45.7 Å². The molecule has 0 bridgehead atoms. The number of rotatable bonds is 4. The van der Waals surface area contributed by atoms with Crippen molar-refractivity contribution in [3.8, 4) is 5.75 Å². The molecule has 0 saturated carbocycles. The van der Waals surface area contributed by atoms with Crippen LogP contribution in [0, 0.1) is 0 Å². The van der Waals surface area contributed by atoms with Gasteiger partial charge >= 0.3 is 0 Å². The van der Waals surface area contributed by atoms with Crippen LogP contribution >= 0.6 is 24.0 Å². The SMILES string of the molecule is CN=C(NCCOc1cccc2ccccc12)NC(C)(C)C.I. The summed E-state index contributed by atoms with van der Waals surface area (Å²) in [7, 11) is 1.77. The van der Waals surface area contributed by atoms with Crippen LogP contribution < -0.4 is 15.4 Å². The molecule has 2 aromatic carbocycles. The molecule has 2 N–H and O–H groups in total. The lowest BCUT2D eigenvalue weighted by atomic mass is 10.1. The maximum atomic E-state index is 5.90. The summed E-state index contributed by atoms with van der Waals surface area (Å²) in [5.74, 6) is 1.70. The fraction of sp³-hybridized carbons (Fsp3) is 0.389. The van der Waals surface area contributed by atoms with Crippen LogP contribution in [0.5, 0.6) is 5.75 Å². The summed E-state index contributed by atoms with van der Waals surface area (Å²) < 4.78 is 5.90. The second-order valence-electron chi connectivity index (χ2n) is 6.20. The standard InChI is InChI=1S/C18H25N3O.HI/c1-18(2,3)21-17(19-4)20-12-13-22-16-11-7-9-14-8-5-6-10-15(14)16;/h5-11H,12-13H2,1-4H3,(H2,19,20,21);1H. The summed E-state index contributed by atoms with van der Waals surface area (Å²) in [6.07, 6.45) is 0. The lowest BCUT2D eigenvalue weighted by Gasteiger charge is -2.23. The lowest BCUT2D eigenvalue weighted by molar-refractivity contribution is 0.325. The van der Waals surface area contributed by atoms with E-state index in [0.717, 1.165) is 17.1 Å². The van der Waals surface area contributed by atoms with Crippen LogP contribution in [0.3, 0.4) is 0 Å². The highest BCUT2D eigenvalue weighted by atomic mass is 127. The van der Waals surface area contributed by atoms with E-state index >= 15 is 0 Å². The monoisotopic (exact) mass is 427 g/mol. The zero-order valence-corrected chi connectivity index (χ0v) is 16.5. The predicted molar refractivity (Wildman–Crippen MR) is 109 cm³/mol. The van der Waals surface area contributed by atoms with Gasteiger partial charge in [-0.15, -0.1) is 24.0 Å². The number of halogens is 1. The number of hydrogen-bond donors (Lipinski definition) is 2. The van der Waals surface area contributed by atoms with Crippen molar-refractivity contribution in [1.82, 2.24) is 10.6 Å². The van der Waals surface area contributed by atoms with E-state index in [-0.39, 0.29) is 29.5 Å². The minimum atomic E-state index is -0.0155. The van der Waals surface area contributed by atoms with E-state index in [0.29, 0.717) is 13.2 Å². The summed E-state index contributed by atoms with van der Waals surface area (Å²) >= 11 is 0. The van der Waals surface area contributed by atoms with Crippen LogP contribution in [0.4, 0.5) is 0 Å². The fourth-order valence-electron chi connectivity index (χ4n) is 2.19. The third kappa shape index (κ3) is 6.25. The van der Waals surface area contributed by atoms with Crippen molar-refractivity contribution in [2.75, 3.05) is 20.2 Å². The Morgan fingerprint density at radius 1 is 1.09 bits per heavy atom. The van der Waals surface area contributed by atoms with Crippen LogP contribution in [0.25, 0.3) is 10.8 Å². The van der Waals surface area contributed by atoms with Gasteiger partial charge in [0.15, 0.2) is 5.96 Å². The van der Waals surface area contributed by atoms with Crippen LogP contribution in [0.1, 0.15) is 20.8 Å². The molecule has 0 aliphatic carbocycles. The zero-order valence-electron chi connectivity index (χ0n) is 14.2. The Morgan fingerprint density at radius 3 is 2.48 bits per heavy atom. The molecule has 0 amide bonds. The molecule has 0 aromatic heterocycles. The summed E-state index contributed by atoms with van der Waals surface area (Å²) in [6.45, 7) is 7.59. The van der Waals surface area contributed by atoms with Gasteiger partial charge in [-0.2, -0.15) is 0 Å². The molecular weight excluding hydrogens is 401 g/mol. The molecule has 126 valence electrons. The van der Waals surface area contributed by atoms with Gasteiger partial charge in [-0.05, 0) is 32.2 Å².